The van der Waals surface area contributed by atoms with Crippen molar-refractivity contribution in [2.45, 2.75) is 12.8 Å². The van der Waals surface area contributed by atoms with Crippen molar-refractivity contribution in [3.8, 4) is 0 Å². The standard InChI is InChI=1S/C14H15N3O2S/c1-20(18,19)17-13-7-3-4-10-11(13)5-2-6-12(10)14-8-15-9-16-14/h3-4,6-9,17H,2,5H2,1H3,(H,15,16). The quantitative estimate of drug-likeness (QED) is 0.909. The molecule has 1 aliphatic carbocycles. The first kappa shape index (κ1) is 12.9. The summed E-state index contributed by atoms with van der Waals surface area (Å²) in [5.74, 6) is 0. The van der Waals surface area contributed by atoms with Crippen molar-refractivity contribution in [1.29, 1.82) is 0 Å². The normalized spacial score (nSPS) is 14.6. The van der Waals surface area contributed by atoms with Gasteiger partial charge >= 0.3 is 0 Å². The van der Waals surface area contributed by atoms with E-state index in [9.17, 15) is 8.42 Å². The number of hydrogen-bond donors (Lipinski definition) is 2. The Morgan fingerprint density at radius 1 is 1.35 bits per heavy atom. The Bertz CT molecular complexity index is 762. The number of H-pyrrole nitrogens is 1. The van der Waals surface area contributed by atoms with Crippen molar-refractivity contribution in [3.05, 3.63) is 53.6 Å². The van der Waals surface area contributed by atoms with Crippen LogP contribution in [0.5, 0.6) is 0 Å². The second-order valence-corrected chi connectivity index (χ2v) is 6.57. The molecular weight excluding hydrogens is 274 g/mol. The van der Waals surface area contributed by atoms with Crippen molar-refractivity contribution in [1.82, 2.24) is 9.97 Å². The van der Waals surface area contributed by atoms with Gasteiger partial charge in [-0.3, -0.25) is 4.72 Å². The SMILES string of the molecule is CS(=O)(=O)Nc1cccc2c1CCC=C2c1c[nH]cn1. The Morgan fingerprint density at radius 3 is 2.90 bits per heavy atom. The van der Waals surface area contributed by atoms with E-state index in [1.807, 2.05) is 18.3 Å². The Kier molecular flexibility index (Phi) is 3.10. The van der Waals surface area contributed by atoms with E-state index in [1.54, 1.807) is 12.4 Å². The van der Waals surface area contributed by atoms with Gasteiger partial charge in [-0.2, -0.15) is 0 Å². The highest BCUT2D eigenvalue weighted by atomic mass is 32.2. The molecule has 0 atom stereocenters. The minimum absolute atomic E-state index is 0.658. The predicted molar refractivity (Wildman–Crippen MR) is 78.9 cm³/mol. The molecule has 0 spiro atoms. The maximum atomic E-state index is 11.5. The maximum Gasteiger partial charge on any atom is 0.229 e. The summed E-state index contributed by atoms with van der Waals surface area (Å²) in [4.78, 5) is 7.23. The van der Waals surface area contributed by atoms with Crippen LogP contribution in [0.25, 0.3) is 5.57 Å². The molecule has 0 unspecified atom stereocenters. The van der Waals surface area contributed by atoms with E-state index in [0.717, 1.165) is 35.2 Å². The number of nitrogens with zero attached hydrogens (tertiary/aromatic N) is 1. The summed E-state index contributed by atoms with van der Waals surface area (Å²) in [6, 6.07) is 5.66. The molecule has 1 aromatic carbocycles. The molecule has 2 N–H and O–H groups in total. The van der Waals surface area contributed by atoms with Crippen molar-refractivity contribution < 1.29 is 8.42 Å². The molecule has 1 aromatic heterocycles. The topological polar surface area (TPSA) is 74.8 Å². The number of nitrogens with one attached hydrogen (secondary N) is 2. The van der Waals surface area contributed by atoms with E-state index in [2.05, 4.69) is 20.8 Å². The van der Waals surface area contributed by atoms with E-state index in [1.165, 1.54) is 6.26 Å². The Labute approximate surface area is 117 Å². The highest BCUT2D eigenvalue weighted by molar-refractivity contribution is 7.92. The number of aromatic amines is 1. The van der Waals surface area contributed by atoms with Crippen LogP contribution in [0.15, 0.2) is 36.8 Å². The molecule has 104 valence electrons. The average Bonchev–Trinajstić information content (AvgIpc) is 2.90. The van der Waals surface area contributed by atoms with Crippen molar-refractivity contribution >= 4 is 21.3 Å². The van der Waals surface area contributed by atoms with E-state index < -0.39 is 10.0 Å². The summed E-state index contributed by atoms with van der Waals surface area (Å²) in [6.07, 6.45) is 8.49. The molecular formula is C14H15N3O2S. The van der Waals surface area contributed by atoms with Gasteiger partial charge in [-0.15, -0.1) is 0 Å². The van der Waals surface area contributed by atoms with E-state index in [0.29, 0.717) is 5.69 Å². The maximum absolute atomic E-state index is 11.5. The number of rotatable bonds is 3. The van der Waals surface area contributed by atoms with Crippen LogP contribution in [-0.2, 0) is 16.4 Å². The molecule has 0 saturated heterocycles. The molecule has 5 nitrogen and oxygen atoms in total. The first-order valence-corrected chi connectivity index (χ1v) is 8.23. The summed E-state index contributed by atoms with van der Waals surface area (Å²) in [5.41, 5.74) is 4.65. The number of fused-ring (bicyclic) bond motifs is 1. The van der Waals surface area contributed by atoms with Crippen LogP contribution in [0.3, 0.4) is 0 Å². The number of benzene rings is 1. The summed E-state index contributed by atoms with van der Waals surface area (Å²) in [5, 5.41) is 0. The van der Waals surface area contributed by atoms with Gasteiger partial charge in [-0.05, 0) is 30.0 Å². The molecule has 0 bridgehead atoms. The van der Waals surface area contributed by atoms with Crippen LogP contribution in [-0.4, -0.2) is 24.6 Å². The highest BCUT2D eigenvalue weighted by Crippen LogP contribution is 2.34. The molecule has 20 heavy (non-hydrogen) atoms. The van der Waals surface area contributed by atoms with Gasteiger partial charge in [0.1, 0.15) is 0 Å². The smallest absolute Gasteiger partial charge is 0.229 e. The molecule has 1 aliphatic rings. The van der Waals surface area contributed by atoms with E-state index in [-0.39, 0.29) is 0 Å². The van der Waals surface area contributed by atoms with Gasteiger partial charge in [-0.25, -0.2) is 13.4 Å². The molecule has 0 fully saturated rings. The van der Waals surface area contributed by atoms with Gasteiger partial charge < -0.3 is 4.98 Å². The van der Waals surface area contributed by atoms with Crippen LogP contribution in [0.2, 0.25) is 0 Å². The lowest BCUT2D eigenvalue weighted by Gasteiger charge is -2.20. The van der Waals surface area contributed by atoms with Gasteiger partial charge in [0.05, 0.1) is 24.0 Å². The van der Waals surface area contributed by atoms with Crippen molar-refractivity contribution in [2.24, 2.45) is 0 Å². The summed E-state index contributed by atoms with van der Waals surface area (Å²) >= 11 is 0. The number of anilines is 1. The van der Waals surface area contributed by atoms with Crippen LogP contribution in [0, 0.1) is 0 Å². The summed E-state index contributed by atoms with van der Waals surface area (Å²) in [6.45, 7) is 0. The van der Waals surface area contributed by atoms with Crippen LogP contribution >= 0.6 is 0 Å². The molecule has 0 amide bonds. The third-order valence-electron chi connectivity index (χ3n) is 3.28. The lowest BCUT2D eigenvalue weighted by molar-refractivity contribution is 0.606. The van der Waals surface area contributed by atoms with Crippen LogP contribution in [0.1, 0.15) is 23.2 Å². The van der Waals surface area contributed by atoms with Crippen molar-refractivity contribution in [2.75, 3.05) is 11.0 Å². The first-order chi connectivity index (χ1) is 9.54. The van der Waals surface area contributed by atoms with E-state index in [4.69, 9.17) is 0 Å². The minimum Gasteiger partial charge on any atom is -0.351 e. The number of sulfonamides is 1. The zero-order chi connectivity index (χ0) is 14.2. The number of imidazole rings is 1. The number of aromatic nitrogens is 2. The van der Waals surface area contributed by atoms with Gasteiger partial charge in [-0.1, -0.05) is 18.2 Å². The second kappa shape index (κ2) is 4.79. The lowest BCUT2D eigenvalue weighted by atomic mass is 9.88. The number of hydrogen-bond acceptors (Lipinski definition) is 3. The Balaban J connectivity index is 2.09. The van der Waals surface area contributed by atoms with Crippen LogP contribution < -0.4 is 4.72 Å². The predicted octanol–water partition coefficient (Wildman–Crippen LogP) is 2.16. The molecule has 6 heteroatoms. The third-order valence-corrected chi connectivity index (χ3v) is 3.87. The minimum atomic E-state index is -3.27. The monoisotopic (exact) mass is 289 g/mol. The zero-order valence-corrected chi connectivity index (χ0v) is 11.9. The van der Waals surface area contributed by atoms with Gasteiger partial charge in [0.25, 0.3) is 0 Å². The fourth-order valence-corrected chi connectivity index (χ4v) is 3.12. The summed E-state index contributed by atoms with van der Waals surface area (Å²) in [7, 11) is -3.27. The fraction of sp³-hybridized carbons (Fsp3) is 0.214. The van der Waals surface area contributed by atoms with Crippen molar-refractivity contribution in [3.63, 3.8) is 0 Å². The summed E-state index contributed by atoms with van der Waals surface area (Å²) < 4.78 is 25.5. The molecule has 0 saturated carbocycles. The lowest BCUT2D eigenvalue weighted by Crippen LogP contribution is -2.13. The highest BCUT2D eigenvalue weighted by Gasteiger charge is 2.19. The largest absolute Gasteiger partial charge is 0.351 e. The van der Waals surface area contributed by atoms with Gasteiger partial charge in [0.2, 0.25) is 10.0 Å². The first-order valence-electron chi connectivity index (χ1n) is 6.34. The van der Waals surface area contributed by atoms with Gasteiger partial charge in [0, 0.05) is 11.8 Å². The molecule has 0 aliphatic heterocycles. The number of allylic oxidation sites excluding steroid dienone is 1. The molecule has 3 rings (SSSR count). The second-order valence-electron chi connectivity index (χ2n) is 4.82. The third kappa shape index (κ3) is 2.46. The van der Waals surface area contributed by atoms with Gasteiger partial charge in [0.15, 0.2) is 0 Å². The van der Waals surface area contributed by atoms with Crippen LogP contribution in [0.4, 0.5) is 5.69 Å². The van der Waals surface area contributed by atoms with E-state index >= 15 is 0 Å². The average molecular weight is 289 g/mol. The Hall–Kier alpha value is -2.08. The molecule has 0 radical (unpaired) electrons. The molecule has 1 heterocycles. The zero-order valence-electron chi connectivity index (χ0n) is 11.1. The Morgan fingerprint density at radius 2 is 2.20 bits per heavy atom. The fourth-order valence-electron chi connectivity index (χ4n) is 2.52. The molecule has 2 aromatic rings.